The fourth-order valence-corrected chi connectivity index (χ4v) is 3.82. The highest BCUT2D eigenvalue weighted by molar-refractivity contribution is 7.99. The Kier molecular flexibility index (Phi) is 4.52. The van der Waals surface area contributed by atoms with Crippen molar-refractivity contribution in [2.75, 3.05) is 18.8 Å². The maximum atomic E-state index is 13.4. The number of nitrogens with zero attached hydrogens (tertiary/aromatic N) is 4. The zero-order valence-electron chi connectivity index (χ0n) is 13.7. The molecular formula is C17H18FN5OS. The number of hydrogen-bond acceptors (Lipinski definition) is 5. The predicted molar refractivity (Wildman–Crippen MR) is 94.9 cm³/mol. The Morgan fingerprint density at radius 1 is 1.20 bits per heavy atom. The number of nitrogens with one attached hydrogen (secondary N) is 1. The van der Waals surface area contributed by atoms with Crippen molar-refractivity contribution >= 4 is 39.7 Å². The first-order chi connectivity index (χ1) is 12.2. The van der Waals surface area contributed by atoms with Gasteiger partial charge in [-0.3, -0.25) is 4.79 Å². The van der Waals surface area contributed by atoms with E-state index >= 15 is 0 Å². The molecule has 1 aliphatic heterocycles. The van der Waals surface area contributed by atoms with Crippen LogP contribution in [0.3, 0.4) is 0 Å². The van der Waals surface area contributed by atoms with Crippen LogP contribution in [0, 0.1) is 5.82 Å². The van der Waals surface area contributed by atoms with Gasteiger partial charge in [-0.05, 0) is 31.0 Å². The van der Waals surface area contributed by atoms with Crippen LogP contribution in [0.2, 0.25) is 0 Å². The van der Waals surface area contributed by atoms with Crippen LogP contribution in [-0.2, 0) is 4.79 Å². The van der Waals surface area contributed by atoms with E-state index in [0.717, 1.165) is 31.4 Å². The van der Waals surface area contributed by atoms with Crippen LogP contribution in [0.1, 0.15) is 25.7 Å². The summed E-state index contributed by atoms with van der Waals surface area (Å²) in [5, 5.41) is 9.35. The summed E-state index contributed by atoms with van der Waals surface area (Å²) in [6, 6.07) is 4.46. The Balaban J connectivity index is 1.50. The number of H-pyrrole nitrogens is 1. The van der Waals surface area contributed by atoms with E-state index in [4.69, 9.17) is 0 Å². The fourth-order valence-electron chi connectivity index (χ4n) is 3.13. The van der Waals surface area contributed by atoms with E-state index in [0.29, 0.717) is 27.5 Å². The van der Waals surface area contributed by atoms with Gasteiger partial charge in [0.05, 0.1) is 5.75 Å². The number of carbonyl (C=O) groups is 1. The molecule has 0 spiro atoms. The van der Waals surface area contributed by atoms with Crippen molar-refractivity contribution in [3.63, 3.8) is 0 Å². The van der Waals surface area contributed by atoms with E-state index in [1.807, 2.05) is 4.90 Å². The Labute approximate surface area is 148 Å². The lowest BCUT2D eigenvalue weighted by atomic mass is 10.2. The van der Waals surface area contributed by atoms with E-state index in [1.54, 1.807) is 6.07 Å². The maximum Gasteiger partial charge on any atom is 0.233 e. The van der Waals surface area contributed by atoms with Gasteiger partial charge in [-0.2, -0.15) is 0 Å². The first-order valence-electron chi connectivity index (χ1n) is 8.43. The van der Waals surface area contributed by atoms with Crippen molar-refractivity contribution in [1.82, 2.24) is 25.1 Å². The summed E-state index contributed by atoms with van der Waals surface area (Å²) in [7, 11) is 0. The second-order valence-electron chi connectivity index (χ2n) is 6.19. The van der Waals surface area contributed by atoms with Gasteiger partial charge in [0.25, 0.3) is 0 Å². The van der Waals surface area contributed by atoms with Gasteiger partial charge in [0.1, 0.15) is 11.3 Å². The molecule has 25 heavy (non-hydrogen) atoms. The first-order valence-corrected chi connectivity index (χ1v) is 9.41. The summed E-state index contributed by atoms with van der Waals surface area (Å²) < 4.78 is 13.4. The van der Waals surface area contributed by atoms with Gasteiger partial charge in [0, 0.05) is 24.0 Å². The summed E-state index contributed by atoms with van der Waals surface area (Å²) in [4.78, 5) is 21.8. The van der Waals surface area contributed by atoms with E-state index in [9.17, 15) is 9.18 Å². The minimum absolute atomic E-state index is 0.120. The third kappa shape index (κ3) is 3.44. The van der Waals surface area contributed by atoms with Crippen LogP contribution in [0.15, 0.2) is 23.4 Å². The summed E-state index contributed by atoms with van der Waals surface area (Å²) >= 11 is 1.29. The second kappa shape index (κ2) is 6.95. The molecule has 8 heteroatoms. The number of halogens is 1. The number of thioether (sulfide) groups is 1. The molecule has 6 nitrogen and oxygen atoms in total. The van der Waals surface area contributed by atoms with Crippen molar-refractivity contribution in [1.29, 1.82) is 0 Å². The Morgan fingerprint density at radius 3 is 2.80 bits per heavy atom. The van der Waals surface area contributed by atoms with Crippen LogP contribution >= 0.6 is 11.8 Å². The number of aromatic nitrogens is 4. The molecule has 0 saturated carbocycles. The summed E-state index contributed by atoms with van der Waals surface area (Å²) in [6.07, 6.45) is 4.54. The molecule has 1 aliphatic rings. The lowest BCUT2D eigenvalue weighted by molar-refractivity contribution is -0.128. The molecule has 1 saturated heterocycles. The molecule has 1 amide bonds. The Morgan fingerprint density at radius 2 is 2.00 bits per heavy atom. The first kappa shape index (κ1) is 16.3. The minimum Gasteiger partial charge on any atom is -0.342 e. The third-order valence-corrected chi connectivity index (χ3v) is 5.26. The van der Waals surface area contributed by atoms with E-state index in [1.165, 1.54) is 36.7 Å². The van der Waals surface area contributed by atoms with Crippen molar-refractivity contribution < 1.29 is 9.18 Å². The molecule has 2 aromatic heterocycles. The SMILES string of the molecule is O=C(CSc1nnc2c(n1)[nH]c1ccc(F)cc12)N1CCCCCC1. The zero-order valence-corrected chi connectivity index (χ0v) is 14.5. The molecule has 0 atom stereocenters. The smallest absolute Gasteiger partial charge is 0.233 e. The van der Waals surface area contributed by atoms with Crippen LogP contribution < -0.4 is 0 Å². The largest absolute Gasteiger partial charge is 0.342 e. The Hall–Kier alpha value is -2.22. The van der Waals surface area contributed by atoms with E-state index in [-0.39, 0.29) is 11.7 Å². The third-order valence-electron chi connectivity index (χ3n) is 4.44. The molecule has 1 fully saturated rings. The number of aromatic amines is 1. The summed E-state index contributed by atoms with van der Waals surface area (Å²) in [5.74, 6) is 0.105. The van der Waals surface area contributed by atoms with Gasteiger partial charge in [-0.1, -0.05) is 24.6 Å². The average Bonchev–Trinajstić information content (AvgIpc) is 2.79. The monoisotopic (exact) mass is 359 g/mol. The number of likely N-dealkylation sites (tertiary alicyclic amines) is 1. The van der Waals surface area contributed by atoms with Gasteiger partial charge in [-0.15, -0.1) is 10.2 Å². The van der Waals surface area contributed by atoms with Gasteiger partial charge < -0.3 is 9.88 Å². The maximum absolute atomic E-state index is 13.4. The molecular weight excluding hydrogens is 341 g/mol. The minimum atomic E-state index is -0.323. The topological polar surface area (TPSA) is 74.8 Å². The number of carbonyl (C=O) groups excluding carboxylic acids is 1. The highest BCUT2D eigenvalue weighted by atomic mass is 32.2. The molecule has 1 N–H and O–H groups in total. The molecule has 4 rings (SSSR count). The quantitative estimate of drug-likeness (QED) is 0.727. The number of fused-ring (bicyclic) bond motifs is 3. The van der Waals surface area contributed by atoms with Crippen LogP contribution in [0.5, 0.6) is 0 Å². The molecule has 3 aromatic rings. The number of rotatable bonds is 3. The van der Waals surface area contributed by atoms with Crippen LogP contribution in [0.25, 0.3) is 22.1 Å². The molecule has 130 valence electrons. The lowest BCUT2D eigenvalue weighted by Gasteiger charge is -2.19. The van der Waals surface area contributed by atoms with Crippen molar-refractivity contribution in [2.45, 2.75) is 30.8 Å². The van der Waals surface area contributed by atoms with E-state index < -0.39 is 0 Å². The van der Waals surface area contributed by atoms with Gasteiger partial charge in [-0.25, -0.2) is 9.37 Å². The number of benzene rings is 1. The summed E-state index contributed by atoms with van der Waals surface area (Å²) in [5.41, 5.74) is 1.86. The van der Waals surface area contributed by atoms with Gasteiger partial charge >= 0.3 is 0 Å². The fraction of sp³-hybridized carbons (Fsp3) is 0.412. The Bertz CT molecular complexity index is 920. The van der Waals surface area contributed by atoms with Gasteiger partial charge in [0.15, 0.2) is 5.65 Å². The predicted octanol–water partition coefficient (Wildman–Crippen LogP) is 3.14. The molecule has 1 aromatic carbocycles. The van der Waals surface area contributed by atoms with Crippen LogP contribution in [0.4, 0.5) is 4.39 Å². The van der Waals surface area contributed by atoms with Gasteiger partial charge in [0.2, 0.25) is 11.1 Å². The van der Waals surface area contributed by atoms with E-state index in [2.05, 4.69) is 20.2 Å². The molecule has 0 radical (unpaired) electrons. The molecule has 0 aliphatic carbocycles. The second-order valence-corrected chi connectivity index (χ2v) is 7.13. The lowest BCUT2D eigenvalue weighted by Crippen LogP contribution is -2.33. The normalized spacial score (nSPS) is 15.6. The highest BCUT2D eigenvalue weighted by Crippen LogP contribution is 2.24. The molecule has 3 heterocycles. The zero-order chi connectivity index (χ0) is 17.2. The highest BCUT2D eigenvalue weighted by Gasteiger charge is 2.17. The van der Waals surface area contributed by atoms with Crippen molar-refractivity contribution in [3.05, 3.63) is 24.0 Å². The number of hydrogen-bond donors (Lipinski definition) is 1. The molecule has 0 unspecified atom stereocenters. The van der Waals surface area contributed by atoms with Crippen molar-refractivity contribution in [3.8, 4) is 0 Å². The molecule has 0 bridgehead atoms. The average molecular weight is 359 g/mol. The summed E-state index contributed by atoms with van der Waals surface area (Å²) in [6.45, 7) is 1.68. The number of amides is 1. The standard InChI is InChI=1S/C17H18FN5OS/c18-11-5-6-13-12(9-11)15-16(19-13)20-17(22-21-15)25-10-14(24)23-7-3-1-2-4-8-23/h5-6,9H,1-4,7-8,10H2,(H,19,20,22). The van der Waals surface area contributed by atoms with Crippen molar-refractivity contribution in [2.24, 2.45) is 0 Å². The van der Waals surface area contributed by atoms with Crippen LogP contribution in [-0.4, -0.2) is 49.8 Å².